The van der Waals surface area contributed by atoms with E-state index in [1.54, 1.807) is 7.05 Å². The Hall–Kier alpha value is -1.43. The molecule has 0 unspecified atom stereocenters. The summed E-state index contributed by atoms with van der Waals surface area (Å²) in [6.07, 6.45) is 3.71. The Balaban J connectivity index is 1.97. The summed E-state index contributed by atoms with van der Waals surface area (Å²) in [7, 11) is 1.66. The summed E-state index contributed by atoms with van der Waals surface area (Å²) in [6, 6.07) is 0.110. The number of nitrogens with one attached hydrogen (secondary N) is 2. The quantitative estimate of drug-likeness (QED) is 0.797. The van der Waals surface area contributed by atoms with E-state index in [0.717, 1.165) is 25.1 Å². The van der Waals surface area contributed by atoms with Gasteiger partial charge in [0.1, 0.15) is 0 Å². The van der Waals surface area contributed by atoms with Crippen LogP contribution in [-0.2, 0) is 11.2 Å². The molecular formula is C12H21N5O. The van der Waals surface area contributed by atoms with Crippen molar-refractivity contribution in [2.75, 3.05) is 13.6 Å². The van der Waals surface area contributed by atoms with Gasteiger partial charge in [0.05, 0.1) is 17.8 Å². The van der Waals surface area contributed by atoms with E-state index in [2.05, 4.69) is 34.8 Å². The second-order valence-electron chi connectivity index (χ2n) is 5.25. The maximum atomic E-state index is 11.5. The third-order valence-corrected chi connectivity index (χ3v) is 3.22. The lowest BCUT2D eigenvalue weighted by Gasteiger charge is -2.08. The van der Waals surface area contributed by atoms with Gasteiger partial charge in [0.25, 0.3) is 0 Å². The van der Waals surface area contributed by atoms with Gasteiger partial charge in [-0.1, -0.05) is 19.1 Å². The summed E-state index contributed by atoms with van der Waals surface area (Å²) in [6.45, 7) is 5.10. The number of carbonyl (C=O) groups excluding carboxylic acids is 1. The van der Waals surface area contributed by atoms with Crippen LogP contribution < -0.4 is 10.6 Å². The fourth-order valence-electron chi connectivity index (χ4n) is 2.30. The maximum Gasteiger partial charge on any atom is 0.236 e. The molecule has 1 amide bonds. The fourth-order valence-corrected chi connectivity index (χ4v) is 2.30. The van der Waals surface area contributed by atoms with Crippen LogP contribution in [0.1, 0.15) is 32.0 Å². The van der Waals surface area contributed by atoms with Gasteiger partial charge in [0, 0.05) is 19.8 Å². The van der Waals surface area contributed by atoms with E-state index >= 15 is 0 Å². The third kappa shape index (κ3) is 2.87. The van der Waals surface area contributed by atoms with E-state index in [0.29, 0.717) is 5.92 Å². The molecular weight excluding hydrogens is 230 g/mol. The van der Waals surface area contributed by atoms with Gasteiger partial charge in [-0.3, -0.25) is 4.79 Å². The summed E-state index contributed by atoms with van der Waals surface area (Å²) < 4.78 is 1.88. The van der Waals surface area contributed by atoms with Crippen LogP contribution in [0.2, 0.25) is 0 Å². The molecule has 2 atom stereocenters. The van der Waals surface area contributed by atoms with Crippen LogP contribution in [-0.4, -0.2) is 40.5 Å². The second kappa shape index (κ2) is 5.48. The van der Waals surface area contributed by atoms with Crippen molar-refractivity contribution in [3.05, 3.63) is 11.9 Å². The van der Waals surface area contributed by atoms with Crippen LogP contribution in [0.25, 0.3) is 0 Å². The number of hydrogen-bond acceptors (Lipinski definition) is 4. The van der Waals surface area contributed by atoms with Crippen molar-refractivity contribution >= 4 is 5.91 Å². The van der Waals surface area contributed by atoms with Crippen LogP contribution in [0, 0.1) is 5.92 Å². The molecule has 100 valence electrons. The molecule has 2 N–H and O–H groups in total. The molecule has 0 aromatic carbocycles. The molecule has 1 aliphatic heterocycles. The van der Waals surface area contributed by atoms with Gasteiger partial charge in [0.2, 0.25) is 5.91 Å². The average Bonchev–Trinajstić information content (AvgIpc) is 2.95. The molecule has 18 heavy (non-hydrogen) atoms. The molecule has 2 rings (SSSR count). The predicted octanol–water partition coefficient (Wildman–Crippen LogP) is 0.126. The molecule has 1 aliphatic rings. The van der Waals surface area contributed by atoms with Crippen LogP contribution in [0.4, 0.5) is 0 Å². The molecule has 2 heterocycles. The standard InChI is InChI=1S/C12H21N5O/c1-8(2)4-9-7-17(16-15-9)10-5-11(14-6-10)12(18)13-3/h7-8,10-11,14H,4-6H2,1-3H3,(H,13,18)/t10-,11-/m0/s1. The highest BCUT2D eigenvalue weighted by atomic mass is 16.2. The van der Waals surface area contributed by atoms with E-state index in [1.807, 2.05) is 10.9 Å². The molecule has 1 aromatic rings. The predicted molar refractivity (Wildman–Crippen MR) is 68.1 cm³/mol. The number of hydrogen-bond donors (Lipinski definition) is 2. The van der Waals surface area contributed by atoms with Crippen LogP contribution in [0.5, 0.6) is 0 Å². The molecule has 0 saturated carbocycles. The van der Waals surface area contributed by atoms with Gasteiger partial charge in [0.15, 0.2) is 0 Å². The highest BCUT2D eigenvalue weighted by Gasteiger charge is 2.30. The molecule has 0 aliphatic carbocycles. The largest absolute Gasteiger partial charge is 0.358 e. The molecule has 0 radical (unpaired) electrons. The van der Waals surface area contributed by atoms with Crippen molar-refractivity contribution in [2.45, 2.75) is 38.8 Å². The summed E-state index contributed by atoms with van der Waals surface area (Å²) >= 11 is 0. The molecule has 1 fully saturated rings. The molecule has 1 aromatic heterocycles. The SMILES string of the molecule is CNC(=O)[C@@H]1C[C@H](n2cc(CC(C)C)nn2)CN1. The first kappa shape index (κ1) is 13.0. The Kier molecular flexibility index (Phi) is 3.96. The van der Waals surface area contributed by atoms with Gasteiger partial charge >= 0.3 is 0 Å². The number of nitrogens with zero attached hydrogens (tertiary/aromatic N) is 3. The summed E-state index contributed by atoms with van der Waals surface area (Å²) in [5, 5.41) is 14.2. The van der Waals surface area contributed by atoms with E-state index in [4.69, 9.17) is 0 Å². The zero-order valence-electron chi connectivity index (χ0n) is 11.2. The summed E-state index contributed by atoms with van der Waals surface area (Å²) in [4.78, 5) is 11.5. The minimum atomic E-state index is -0.113. The topological polar surface area (TPSA) is 71.8 Å². The van der Waals surface area contributed by atoms with Crippen molar-refractivity contribution in [3.8, 4) is 0 Å². The van der Waals surface area contributed by atoms with Gasteiger partial charge in [-0.05, 0) is 18.8 Å². The monoisotopic (exact) mass is 251 g/mol. The first-order valence-electron chi connectivity index (χ1n) is 6.45. The van der Waals surface area contributed by atoms with Crippen LogP contribution in [0.3, 0.4) is 0 Å². The van der Waals surface area contributed by atoms with Gasteiger partial charge < -0.3 is 10.6 Å². The van der Waals surface area contributed by atoms with Crippen molar-refractivity contribution in [2.24, 2.45) is 5.92 Å². The van der Waals surface area contributed by atoms with Crippen molar-refractivity contribution in [1.29, 1.82) is 0 Å². The highest BCUT2D eigenvalue weighted by Crippen LogP contribution is 2.19. The average molecular weight is 251 g/mol. The number of aromatic nitrogens is 3. The number of carbonyl (C=O) groups is 1. The Morgan fingerprint density at radius 2 is 2.44 bits per heavy atom. The first-order chi connectivity index (χ1) is 8.60. The lowest BCUT2D eigenvalue weighted by Crippen LogP contribution is -2.38. The van der Waals surface area contributed by atoms with Crippen molar-refractivity contribution in [1.82, 2.24) is 25.6 Å². The maximum absolute atomic E-state index is 11.5. The Morgan fingerprint density at radius 3 is 3.11 bits per heavy atom. The van der Waals surface area contributed by atoms with E-state index in [9.17, 15) is 4.79 Å². The van der Waals surface area contributed by atoms with E-state index in [1.165, 1.54) is 0 Å². The van der Waals surface area contributed by atoms with Crippen molar-refractivity contribution in [3.63, 3.8) is 0 Å². The minimum Gasteiger partial charge on any atom is -0.358 e. The Bertz CT molecular complexity index is 414. The highest BCUT2D eigenvalue weighted by molar-refractivity contribution is 5.81. The number of rotatable bonds is 4. The lowest BCUT2D eigenvalue weighted by atomic mass is 10.1. The van der Waals surface area contributed by atoms with Gasteiger partial charge in [-0.2, -0.15) is 0 Å². The van der Waals surface area contributed by atoms with Crippen molar-refractivity contribution < 1.29 is 4.79 Å². The molecule has 6 heteroatoms. The number of amides is 1. The summed E-state index contributed by atoms with van der Waals surface area (Å²) in [5.41, 5.74) is 1.02. The normalized spacial score (nSPS) is 23.6. The molecule has 0 bridgehead atoms. The van der Waals surface area contributed by atoms with Crippen LogP contribution in [0.15, 0.2) is 6.20 Å². The lowest BCUT2D eigenvalue weighted by molar-refractivity contribution is -0.122. The molecule has 1 saturated heterocycles. The zero-order valence-corrected chi connectivity index (χ0v) is 11.2. The first-order valence-corrected chi connectivity index (χ1v) is 6.45. The zero-order chi connectivity index (χ0) is 13.1. The fraction of sp³-hybridized carbons (Fsp3) is 0.750. The van der Waals surface area contributed by atoms with Crippen LogP contribution >= 0.6 is 0 Å². The molecule has 6 nitrogen and oxygen atoms in total. The molecule has 0 spiro atoms. The smallest absolute Gasteiger partial charge is 0.236 e. The minimum absolute atomic E-state index is 0.0417. The third-order valence-electron chi connectivity index (χ3n) is 3.22. The van der Waals surface area contributed by atoms with Gasteiger partial charge in [-0.25, -0.2) is 4.68 Å². The van der Waals surface area contributed by atoms with E-state index in [-0.39, 0.29) is 18.0 Å². The summed E-state index contributed by atoms with van der Waals surface area (Å²) in [5.74, 6) is 0.621. The second-order valence-corrected chi connectivity index (χ2v) is 5.25. The van der Waals surface area contributed by atoms with Gasteiger partial charge in [-0.15, -0.1) is 5.10 Å². The number of likely N-dealkylation sites (N-methyl/N-ethyl adjacent to an activating group) is 1. The Labute approximate surface area is 107 Å². The van der Waals surface area contributed by atoms with E-state index < -0.39 is 0 Å². The Morgan fingerprint density at radius 1 is 1.67 bits per heavy atom.